The van der Waals surface area contributed by atoms with Crippen molar-refractivity contribution < 1.29 is 38.1 Å². The van der Waals surface area contributed by atoms with Gasteiger partial charge in [-0.3, -0.25) is 0 Å². The molecule has 0 aromatic heterocycles. The average Bonchev–Trinajstić information content (AvgIpc) is 3.63. The molecule has 3 aliphatic carbocycles. The second-order valence-corrected chi connectivity index (χ2v) is 10.2. The molecule has 0 aromatic carbocycles. The van der Waals surface area contributed by atoms with Gasteiger partial charge in [-0.1, -0.05) is 32.7 Å². The van der Waals surface area contributed by atoms with Gasteiger partial charge in [-0.05, 0) is 69.6 Å². The highest BCUT2D eigenvalue weighted by Crippen LogP contribution is 2.72. The Morgan fingerprint density at radius 1 is 0.658 bits per heavy atom. The van der Waals surface area contributed by atoms with E-state index in [0.29, 0.717) is 38.3 Å². The number of hydrogen-bond acceptors (Lipinski definition) is 8. The number of fused-ring (bicyclic) bond motifs is 5. The largest absolute Gasteiger partial charge is 0.463 e. The van der Waals surface area contributed by atoms with Gasteiger partial charge in [0.1, 0.15) is 0 Å². The molecule has 0 aliphatic heterocycles. The second-order valence-electron chi connectivity index (χ2n) is 10.2. The zero-order valence-corrected chi connectivity index (χ0v) is 22.5. The predicted molar refractivity (Wildman–Crippen MR) is 143 cm³/mol. The number of unbranched alkanes of at least 4 members (excludes halogenated alkanes) is 3. The summed E-state index contributed by atoms with van der Waals surface area (Å²) in [6.45, 7) is 15.2. The first-order valence-corrected chi connectivity index (χ1v) is 13.4. The van der Waals surface area contributed by atoms with E-state index in [1.807, 2.05) is 0 Å². The Hall–Kier alpha value is -3.16. The minimum atomic E-state index is -0.389. The smallest absolute Gasteiger partial charge is 0.330 e. The van der Waals surface area contributed by atoms with Gasteiger partial charge in [0.05, 0.1) is 26.4 Å². The van der Waals surface area contributed by atoms with Crippen LogP contribution in [0.5, 0.6) is 0 Å². The summed E-state index contributed by atoms with van der Waals surface area (Å²) < 4.78 is 20.5. The van der Waals surface area contributed by atoms with E-state index in [0.717, 1.165) is 57.1 Å². The number of hydrogen-bond donors (Lipinski definition) is 0. The van der Waals surface area contributed by atoms with Crippen LogP contribution in [0.3, 0.4) is 0 Å². The monoisotopic (exact) mass is 530 g/mol. The fraction of sp³-hybridized carbons (Fsp3) is 0.600. The summed E-state index contributed by atoms with van der Waals surface area (Å²) in [5.74, 6) is -0.216. The molecule has 3 fully saturated rings. The van der Waals surface area contributed by atoms with Crippen LogP contribution in [0.1, 0.15) is 64.2 Å². The molecule has 0 aromatic rings. The first-order chi connectivity index (χ1) is 18.3. The standard InChI is InChI=1S/C18H24O4.C12H18O4/c1-3-15(19)21-11-17-9-7-13(10-17)14-6-5-8-18(14,17)12-22-16(20)4-2;1-3-11(13)15-9-7-5-6-8-10-16-12(14)4-2/h3-4,13-14H,1-2,5-12H2;3-4H,1-2,5-10H2. The molecule has 3 rings (SSSR count). The van der Waals surface area contributed by atoms with Crippen LogP contribution in [-0.4, -0.2) is 50.3 Å². The zero-order valence-electron chi connectivity index (χ0n) is 22.5. The average molecular weight is 531 g/mol. The van der Waals surface area contributed by atoms with Crippen molar-refractivity contribution in [2.24, 2.45) is 22.7 Å². The molecule has 4 unspecified atom stereocenters. The highest BCUT2D eigenvalue weighted by atomic mass is 16.5. The summed E-state index contributed by atoms with van der Waals surface area (Å²) in [6, 6.07) is 0. The first kappa shape index (κ1) is 31.1. The van der Waals surface area contributed by atoms with Crippen LogP contribution in [0.25, 0.3) is 0 Å². The van der Waals surface area contributed by atoms with E-state index in [2.05, 4.69) is 26.3 Å². The third-order valence-electron chi connectivity index (χ3n) is 8.28. The van der Waals surface area contributed by atoms with E-state index in [1.54, 1.807) is 0 Å². The number of ether oxygens (including phenoxy) is 4. The van der Waals surface area contributed by atoms with Crippen molar-refractivity contribution in [3.8, 4) is 0 Å². The molecule has 0 amide bonds. The maximum absolute atomic E-state index is 11.5. The number of esters is 4. The molecule has 2 bridgehead atoms. The Labute approximate surface area is 226 Å². The van der Waals surface area contributed by atoms with Crippen molar-refractivity contribution >= 4 is 23.9 Å². The van der Waals surface area contributed by atoms with Gasteiger partial charge < -0.3 is 18.9 Å². The molecule has 0 N–H and O–H groups in total. The highest BCUT2D eigenvalue weighted by Gasteiger charge is 2.68. The van der Waals surface area contributed by atoms with Crippen LogP contribution in [0, 0.1) is 22.7 Å². The maximum Gasteiger partial charge on any atom is 0.330 e. The molecule has 0 saturated heterocycles. The van der Waals surface area contributed by atoms with Crippen LogP contribution in [-0.2, 0) is 38.1 Å². The molecule has 8 heteroatoms. The van der Waals surface area contributed by atoms with Gasteiger partial charge in [0.15, 0.2) is 0 Å². The topological polar surface area (TPSA) is 105 Å². The van der Waals surface area contributed by atoms with Crippen LogP contribution >= 0.6 is 0 Å². The maximum atomic E-state index is 11.5. The minimum Gasteiger partial charge on any atom is -0.463 e. The summed E-state index contributed by atoms with van der Waals surface area (Å²) in [5, 5.41) is 0. The molecular weight excluding hydrogens is 488 g/mol. The lowest BCUT2D eigenvalue weighted by Gasteiger charge is -2.47. The van der Waals surface area contributed by atoms with Gasteiger partial charge in [-0.2, -0.15) is 0 Å². The second kappa shape index (κ2) is 15.3. The molecule has 210 valence electrons. The van der Waals surface area contributed by atoms with Gasteiger partial charge in [-0.15, -0.1) is 0 Å². The van der Waals surface area contributed by atoms with E-state index >= 15 is 0 Å². The van der Waals surface area contributed by atoms with Crippen molar-refractivity contribution in [2.75, 3.05) is 26.4 Å². The van der Waals surface area contributed by atoms with Crippen LogP contribution in [0.2, 0.25) is 0 Å². The summed E-state index contributed by atoms with van der Waals surface area (Å²) in [7, 11) is 0. The van der Waals surface area contributed by atoms with E-state index in [4.69, 9.17) is 18.9 Å². The Morgan fingerprint density at radius 3 is 1.68 bits per heavy atom. The Kier molecular flexibility index (Phi) is 12.5. The SMILES string of the molecule is C=CC(=O)OCC12CCC(C1)C1CCCC12COC(=O)C=C.C=CC(=O)OCCCCCCOC(=O)C=C. The van der Waals surface area contributed by atoms with Crippen molar-refractivity contribution in [3.63, 3.8) is 0 Å². The van der Waals surface area contributed by atoms with Crippen LogP contribution in [0.15, 0.2) is 50.6 Å². The Bertz CT molecular complexity index is 867. The van der Waals surface area contributed by atoms with Crippen LogP contribution in [0.4, 0.5) is 0 Å². The van der Waals surface area contributed by atoms with Gasteiger partial charge >= 0.3 is 23.9 Å². The third-order valence-corrected chi connectivity index (χ3v) is 8.28. The molecule has 8 nitrogen and oxygen atoms in total. The fourth-order valence-corrected chi connectivity index (χ4v) is 6.56. The molecule has 4 atom stereocenters. The quantitative estimate of drug-likeness (QED) is 0.126. The lowest BCUT2D eigenvalue weighted by atomic mass is 9.60. The van der Waals surface area contributed by atoms with Gasteiger partial charge in [0, 0.05) is 35.1 Å². The van der Waals surface area contributed by atoms with Gasteiger partial charge in [0.2, 0.25) is 0 Å². The summed E-state index contributed by atoms with van der Waals surface area (Å²) in [5.41, 5.74) is -0.0466. The minimum absolute atomic E-state index is 0.0178. The molecule has 0 heterocycles. The molecule has 0 spiro atoms. The first-order valence-electron chi connectivity index (χ1n) is 13.4. The third kappa shape index (κ3) is 7.92. The molecule has 3 aliphatic rings. The van der Waals surface area contributed by atoms with E-state index in [1.165, 1.54) is 31.4 Å². The number of rotatable bonds is 15. The Balaban J connectivity index is 0.000000284. The fourth-order valence-electron chi connectivity index (χ4n) is 6.56. The summed E-state index contributed by atoms with van der Waals surface area (Å²) >= 11 is 0. The normalized spacial score (nSPS) is 26.1. The van der Waals surface area contributed by atoms with E-state index in [-0.39, 0.29) is 34.7 Å². The lowest BCUT2D eigenvalue weighted by molar-refractivity contribution is -0.156. The van der Waals surface area contributed by atoms with Crippen molar-refractivity contribution in [1.82, 2.24) is 0 Å². The van der Waals surface area contributed by atoms with Crippen molar-refractivity contribution in [2.45, 2.75) is 64.2 Å². The van der Waals surface area contributed by atoms with E-state index < -0.39 is 0 Å². The predicted octanol–water partition coefficient (Wildman–Crippen LogP) is 5.04. The van der Waals surface area contributed by atoms with Gasteiger partial charge in [0.25, 0.3) is 0 Å². The lowest BCUT2D eigenvalue weighted by Crippen LogP contribution is -2.47. The molecular formula is C30H42O8. The summed E-state index contributed by atoms with van der Waals surface area (Å²) in [6.07, 6.45) is 15.0. The van der Waals surface area contributed by atoms with Crippen LogP contribution < -0.4 is 0 Å². The van der Waals surface area contributed by atoms with Crippen molar-refractivity contribution in [3.05, 3.63) is 50.6 Å². The number of carbonyl (C=O) groups is 4. The zero-order chi connectivity index (χ0) is 28.0. The molecule has 0 radical (unpaired) electrons. The summed E-state index contributed by atoms with van der Waals surface area (Å²) in [4.78, 5) is 44.3. The van der Waals surface area contributed by atoms with Gasteiger partial charge in [-0.25, -0.2) is 19.2 Å². The van der Waals surface area contributed by atoms with Crippen molar-refractivity contribution in [1.29, 1.82) is 0 Å². The Morgan fingerprint density at radius 2 is 1.16 bits per heavy atom. The number of carbonyl (C=O) groups excluding carboxylic acids is 4. The van der Waals surface area contributed by atoms with E-state index in [9.17, 15) is 19.2 Å². The molecule has 3 saturated carbocycles. The highest BCUT2D eigenvalue weighted by molar-refractivity contribution is 5.82. The molecule has 38 heavy (non-hydrogen) atoms.